The fourth-order valence-electron chi connectivity index (χ4n) is 3.64. The van der Waals surface area contributed by atoms with Crippen molar-refractivity contribution in [3.05, 3.63) is 42.1 Å². The van der Waals surface area contributed by atoms with Gasteiger partial charge in [0.1, 0.15) is 19.0 Å². The SMILES string of the molecule is CCNC(=O)c1ccc(N2CCC[C@H](Nc3ccc4c(c3)OCCO4)C2)nc1. The third-order valence-electron chi connectivity index (χ3n) is 5.01. The topological polar surface area (TPSA) is 75.7 Å². The van der Waals surface area contributed by atoms with Crippen LogP contribution in [0.1, 0.15) is 30.1 Å². The summed E-state index contributed by atoms with van der Waals surface area (Å²) in [6.07, 6.45) is 3.84. The lowest BCUT2D eigenvalue weighted by molar-refractivity contribution is 0.0955. The normalized spacial score (nSPS) is 18.5. The zero-order valence-corrected chi connectivity index (χ0v) is 16.1. The summed E-state index contributed by atoms with van der Waals surface area (Å²) in [6, 6.07) is 10.1. The van der Waals surface area contributed by atoms with Gasteiger partial charge in [-0.1, -0.05) is 0 Å². The van der Waals surface area contributed by atoms with Crippen molar-refractivity contribution in [2.24, 2.45) is 0 Å². The number of carbonyl (C=O) groups excluding carboxylic acids is 1. The molecule has 0 unspecified atom stereocenters. The molecular formula is C21H26N4O3. The molecule has 0 spiro atoms. The number of carbonyl (C=O) groups is 1. The Morgan fingerprint density at radius 1 is 1.21 bits per heavy atom. The molecule has 3 heterocycles. The number of ether oxygens (including phenoxy) is 2. The molecule has 1 saturated heterocycles. The molecule has 1 fully saturated rings. The lowest BCUT2D eigenvalue weighted by Crippen LogP contribution is -2.42. The third-order valence-corrected chi connectivity index (χ3v) is 5.01. The highest BCUT2D eigenvalue weighted by molar-refractivity contribution is 5.94. The van der Waals surface area contributed by atoms with E-state index in [1.54, 1.807) is 6.20 Å². The monoisotopic (exact) mass is 382 g/mol. The van der Waals surface area contributed by atoms with Crippen molar-refractivity contribution in [2.45, 2.75) is 25.8 Å². The van der Waals surface area contributed by atoms with Crippen molar-refractivity contribution in [1.82, 2.24) is 10.3 Å². The van der Waals surface area contributed by atoms with E-state index in [2.05, 4.69) is 20.5 Å². The van der Waals surface area contributed by atoms with Gasteiger partial charge in [0.25, 0.3) is 5.91 Å². The smallest absolute Gasteiger partial charge is 0.252 e. The quantitative estimate of drug-likeness (QED) is 0.828. The van der Waals surface area contributed by atoms with Crippen molar-refractivity contribution in [3.63, 3.8) is 0 Å². The van der Waals surface area contributed by atoms with Crippen LogP contribution in [-0.4, -0.2) is 49.8 Å². The number of aromatic nitrogens is 1. The predicted molar refractivity (Wildman–Crippen MR) is 109 cm³/mol. The summed E-state index contributed by atoms with van der Waals surface area (Å²) < 4.78 is 11.3. The Morgan fingerprint density at radius 2 is 2.07 bits per heavy atom. The highest BCUT2D eigenvalue weighted by Crippen LogP contribution is 2.33. The van der Waals surface area contributed by atoms with Gasteiger partial charge in [-0.3, -0.25) is 4.79 Å². The molecular weight excluding hydrogens is 356 g/mol. The second kappa shape index (κ2) is 8.37. The minimum Gasteiger partial charge on any atom is -0.486 e. The maximum absolute atomic E-state index is 11.9. The third kappa shape index (κ3) is 4.13. The number of benzene rings is 1. The molecule has 1 aromatic carbocycles. The molecule has 0 aliphatic carbocycles. The Hall–Kier alpha value is -2.96. The number of amides is 1. The number of hydrogen-bond acceptors (Lipinski definition) is 6. The van der Waals surface area contributed by atoms with E-state index in [1.807, 2.05) is 37.3 Å². The molecule has 1 atom stereocenters. The summed E-state index contributed by atoms with van der Waals surface area (Å²) in [5, 5.41) is 6.40. The van der Waals surface area contributed by atoms with Crippen LogP contribution in [-0.2, 0) is 0 Å². The van der Waals surface area contributed by atoms with Crippen molar-refractivity contribution >= 4 is 17.4 Å². The molecule has 1 amide bonds. The van der Waals surface area contributed by atoms with Gasteiger partial charge in [-0.25, -0.2) is 4.98 Å². The molecule has 1 aromatic heterocycles. The number of fused-ring (bicyclic) bond motifs is 1. The fraction of sp³-hybridized carbons (Fsp3) is 0.429. The molecule has 0 saturated carbocycles. The van der Waals surface area contributed by atoms with Crippen LogP contribution in [0.25, 0.3) is 0 Å². The Bertz CT molecular complexity index is 825. The van der Waals surface area contributed by atoms with Gasteiger partial charge in [0.05, 0.1) is 5.56 Å². The minimum absolute atomic E-state index is 0.0849. The van der Waals surface area contributed by atoms with E-state index in [4.69, 9.17) is 9.47 Å². The first-order valence-electron chi connectivity index (χ1n) is 9.88. The number of piperidine rings is 1. The van der Waals surface area contributed by atoms with Crippen LogP contribution >= 0.6 is 0 Å². The maximum Gasteiger partial charge on any atom is 0.252 e. The van der Waals surface area contributed by atoms with Crippen molar-refractivity contribution in [3.8, 4) is 11.5 Å². The Morgan fingerprint density at radius 3 is 2.86 bits per heavy atom. The van der Waals surface area contributed by atoms with E-state index in [0.29, 0.717) is 31.4 Å². The molecule has 7 heteroatoms. The van der Waals surface area contributed by atoms with E-state index in [1.165, 1.54) is 0 Å². The van der Waals surface area contributed by atoms with Gasteiger partial charge in [-0.2, -0.15) is 0 Å². The van der Waals surface area contributed by atoms with Crippen molar-refractivity contribution < 1.29 is 14.3 Å². The minimum atomic E-state index is -0.0849. The summed E-state index contributed by atoms with van der Waals surface area (Å²) in [5.74, 6) is 2.42. The second-order valence-corrected chi connectivity index (χ2v) is 7.05. The van der Waals surface area contributed by atoms with Crippen LogP contribution in [0.4, 0.5) is 11.5 Å². The van der Waals surface area contributed by atoms with Crippen molar-refractivity contribution in [2.75, 3.05) is 43.1 Å². The molecule has 2 N–H and O–H groups in total. The number of anilines is 2. The zero-order valence-electron chi connectivity index (χ0n) is 16.1. The van der Waals surface area contributed by atoms with Crippen LogP contribution in [0.2, 0.25) is 0 Å². The summed E-state index contributed by atoms with van der Waals surface area (Å²) in [6.45, 7) is 5.53. The lowest BCUT2D eigenvalue weighted by atomic mass is 10.0. The average Bonchev–Trinajstić information content (AvgIpc) is 2.74. The largest absolute Gasteiger partial charge is 0.486 e. The molecule has 28 heavy (non-hydrogen) atoms. The number of nitrogens with one attached hydrogen (secondary N) is 2. The molecule has 0 bridgehead atoms. The first-order valence-corrected chi connectivity index (χ1v) is 9.88. The number of pyridine rings is 1. The van der Waals surface area contributed by atoms with Gasteiger partial charge in [0, 0.05) is 43.6 Å². The van der Waals surface area contributed by atoms with E-state index >= 15 is 0 Å². The Labute approximate surface area is 165 Å². The number of hydrogen-bond donors (Lipinski definition) is 2. The van der Waals surface area contributed by atoms with Gasteiger partial charge >= 0.3 is 0 Å². The van der Waals surface area contributed by atoms with E-state index in [0.717, 1.165) is 48.9 Å². The standard InChI is InChI=1S/C21H26N4O3/c1-2-22-21(26)15-5-8-20(23-13-15)25-9-3-4-17(14-25)24-16-6-7-18-19(12-16)28-11-10-27-18/h5-8,12-13,17,24H,2-4,9-11,14H2,1H3,(H,22,26)/t17-/m0/s1. The Balaban J connectivity index is 1.39. The fourth-order valence-corrected chi connectivity index (χ4v) is 3.64. The summed E-state index contributed by atoms with van der Waals surface area (Å²) in [7, 11) is 0. The predicted octanol–water partition coefficient (Wildman–Crippen LogP) is 2.68. The highest BCUT2D eigenvalue weighted by Gasteiger charge is 2.22. The zero-order chi connectivity index (χ0) is 19.3. The van der Waals surface area contributed by atoms with Crippen LogP contribution in [0.15, 0.2) is 36.5 Å². The molecule has 4 rings (SSSR count). The molecule has 0 radical (unpaired) electrons. The van der Waals surface area contributed by atoms with Crippen LogP contribution < -0.4 is 25.0 Å². The van der Waals surface area contributed by atoms with E-state index in [9.17, 15) is 4.79 Å². The van der Waals surface area contributed by atoms with Gasteiger partial charge in [-0.05, 0) is 44.0 Å². The van der Waals surface area contributed by atoms with E-state index in [-0.39, 0.29) is 5.91 Å². The summed E-state index contributed by atoms with van der Waals surface area (Å²) in [5.41, 5.74) is 1.63. The summed E-state index contributed by atoms with van der Waals surface area (Å²) in [4.78, 5) is 18.7. The molecule has 2 aliphatic rings. The van der Waals surface area contributed by atoms with Gasteiger partial charge < -0.3 is 25.0 Å². The van der Waals surface area contributed by atoms with Crippen molar-refractivity contribution in [1.29, 1.82) is 0 Å². The first-order chi connectivity index (χ1) is 13.7. The van der Waals surface area contributed by atoms with Crippen LogP contribution in [0.5, 0.6) is 11.5 Å². The lowest BCUT2D eigenvalue weighted by Gasteiger charge is -2.34. The first kappa shape index (κ1) is 18.4. The highest BCUT2D eigenvalue weighted by atomic mass is 16.6. The number of nitrogens with zero attached hydrogens (tertiary/aromatic N) is 2. The van der Waals surface area contributed by atoms with E-state index < -0.39 is 0 Å². The second-order valence-electron chi connectivity index (χ2n) is 7.05. The molecule has 7 nitrogen and oxygen atoms in total. The van der Waals surface area contributed by atoms with Gasteiger partial charge in [-0.15, -0.1) is 0 Å². The van der Waals surface area contributed by atoms with Crippen LogP contribution in [0, 0.1) is 0 Å². The van der Waals surface area contributed by atoms with Gasteiger partial charge in [0.2, 0.25) is 0 Å². The summed E-state index contributed by atoms with van der Waals surface area (Å²) >= 11 is 0. The van der Waals surface area contributed by atoms with Crippen LogP contribution in [0.3, 0.4) is 0 Å². The molecule has 148 valence electrons. The molecule has 2 aromatic rings. The maximum atomic E-state index is 11.9. The molecule has 2 aliphatic heterocycles. The number of rotatable bonds is 5. The average molecular weight is 382 g/mol. The van der Waals surface area contributed by atoms with Gasteiger partial charge in [0.15, 0.2) is 11.5 Å². The Kier molecular flexibility index (Phi) is 5.50.